The monoisotopic (exact) mass is 327 g/mol. The number of nitrogens with zero attached hydrogens (tertiary/aromatic N) is 2. The first-order valence-corrected chi connectivity index (χ1v) is 8.37. The molecular formula is C16H13N3OS2. The number of thiazole rings is 2. The van der Waals surface area contributed by atoms with Gasteiger partial charge in [-0.25, -0.2) is 4.98 Å². The fourth-order valence-electron chi connectivity index (χ4n) is 1.88. The first kappa shape index (κ1) is 14.6. The summed E-state index contributed by atoms with van der Waals surface area (Å²) in [4.78, 5) is 21.2. The van der Waals surface area contributed by atoms with Crippen LogP contribution < -0.4 is 5.32 Å². The molecule has 110 valence electrons. The Labute approximate surface area is 136 Å². The molecule has 3 aromatic rings. The molecule has 0 spiro atoms. The van der Waals surface area contributed by atoms with Crippen molar-refractivity contribution in [2.45, 2.75) is 6.92 Å². The van der Waals surface area contributed by atoms with Crippen LogP contribution in [0.1, 0.15) is 10.4 Å². The van der Waals surface area contributed by atoms with Crippen molar-refractivity contribution in [3.05, 3.63) is 57.9 Å². The Kier molecular flexibility index (Phi) is 4.41. The number of amides is 1. The summed E-state index contributed by atoms with van der Waals surface area (Å²) in [5, 5.41) is 5.31. The second-order valence-electron chi connectivity index (χ2n) is 4.63. The number of carbonyl (C=O) groups is 1. The maximum Gasteiger partial charge on any atom is 0.250 e. The topological polar surface area (TPSA) is 54.9 Å². The Morgan fingerprint density at radius 2 is 2.23 bits per heavy atom. The molecule has 6 heteroatoms. The predicted octanol–water partition coefficient (Wildman–Crippen LogP) is 4.23. The molecule has 2 aromatic heterocycles. The van der Waals surface area contributed by atoms with E-state index in [0.29, 0.717) is 5.13 Å². The predicted molar refractivity (Wildman–Crippen MR) is 92.1 cm³/mol. The largest absolute Gasteiger partial charge is 0.298 e. The first-order chi connectivity index (χ1) is 10.7. The van der Waals surface area contributed by atoms with Crippen LogP contribution in [0.3, 0.4) is 0 Å². The van der Waals surface area contributed by atoms with Crippen molar-refractivity contribution < 1.29 is 4.79 Å². The normalized spacial score (nSPS) is 11.0. The van der Waals surface area contributed by atoms with Gasteiger partial charge >= 0.3 is 0 Å². The summed E-state index contributed by atoms with van der Waals surface area (Å²) in [5.74, 6) is -0.196. The Morgan fingerprint density at radius 3 is 3.00 bits per heavy atom. The van der Waals surface area contributed by atoms with Crippen molar-refractivity contribution in [1.82, 2.24) is 9.97 Å². The molecule has 4 nitrogen and oxygen atoms in total. The molecule has 0 unspecified atom stereocenters. The molecule has 0 saturated carbocycles. The van der Waals surface area contributed by atoms with E-state index in [4.69, 9.17) is 0 Å². The van der Waals surface area contributed by atoms with Crippen LogP contribution >= 0.6 is 22.7 Å². The minimum atomic E-state index is -0.196. The number of hydrogen-bond acceptors (Lipinski definition) is 5. The Balaban J connectivity index is 1.68. The number of benzene rings is 1. The lowest BCUT2D eigenvalue weighted by atomic mass is 10.1. The standard InChI is InChI=1S/C16H13N3OS2/c1-11-3-2-4-12(7-11)14-9-21-16(18-14)19-15(20)6-5-13-8-17-10-22-13/h2-10H,1H3,(H,18,19,20)/b6-5+. The summed E-state index contributed by atoms with van der Waals surface area (Å²) in [7, 11) is 0. The average molecular weight is 327 g/mol. The van der Waals surface area contributed by atoms with E-state index >= 15 is 0 Å². The maximum absolute atomic E-state index is 11.9. The van der Waals surface area contributed by atoms with Crippen LogP contribution in [0, 0.1) is 6.92 Å². The summed E-state index contributed by atoms with van der Waals surface area (Å²) in [6.07, 6.45) is 4.94. The summed E-state index contributed by atoms with van der Waals surface area (Å²) in [5.41, 5.74) is 4.84. The highest BCUT2D eigenvalue weighted by Crippen LogP contribution is 2.25. The number of anilines is 1. The molecule has 1 N–H and O–H groups in total. The molecule has 0 aliphatic heterocycles. The van der Waals surface area contributed by atoms with E-state index in [9.17, 15) is 4.79 Å². The van der Waals surface area contributed by atoms with Gasteiger partial charge in [0.2, 0.25) is 5.91 Å². The highest BCUT2D eigenvalue weighted by molar-refractivity contribution is 7.14. The Hall–Kier alpha value is -2.31. The molecular weight excluding hydrogens is 314 g/mol. The van der Waals surface area contributed by atoms with Gasteiger partial charge in [-0.2, -0.15) is 0 Å². The maximum atomic E-state index is 11.9. The summed E-state index contributed by atoms with van der Waals surface area (Å²) < 4.78 is 0. The van der Waals surface area contributed by atoms with Gasteiger partial charge in [-0.05, 0) is 19.1 Å². The molecule has 0 fully saturated rings. The minimum absolute atomic E-state index is 0.196. The summed E-state index contributed by atoms with van der Waals surface area (Å²) >= 11 is 2.90. The number of aryl methyl sites for hydroxylation is 1. The molecule has 0 aliphatic rings. The smallest absolute Gasteiger partial charge is 0.250 e. The Bertz CT molecular complexity index is 806. The van der Waals surface area contributed by atoms with E-state index in [-0.39, 0.29) is 5.91 Å². The fourth-order valence-corrected chi connectivity index (χ4v) is 3.12. The van der Waals surface area contributed by atoms with Gasteiger partial charge < -0.3 is 0 Å². The summed E-state index contributed by atoms with van der Waals surface area (Å²) in [6, 6.07) is 8.13. The van der Waals surface area contributed by atoms with Crippen molar-refractivity contribution in [1.29, 1.82) is 0 Å². The Morgan fingerprint density at radius 1 is 1.32 bits per heavy atom. The van der Waals surface area contributed by atoms with Crippen molar-refractivity contribution in [3.63, 3.8) is 0 Å². The molecule has 0 atom stereocenters. The van der Waals surface area contributed by atoms with Crippen molar-refractivity contribution in [2.75, 3.05) is 5.32 Å². The number of nitrogens with one attached hydrogen (secondary N) is 1. The van der Waals surface area contributed by atoms with Gasteiger partial charge in [0, 0.05) is 28.1 Å². The number of aromatic nitrogens is 2. The van der Waals surface area contributed by atoms with Crippen LogP contribution in [0.15, 0.2) is 47.4 Å². The van der Waals surface area contributed by atoms with Gasteiger partial charge in [0.25, 0.3) is 0 Å². The number of carbonyl (C=O) groups excluding carboxylic acids is 1. The summed E-state index contributed by atoms with van der Waals surface area (Å²) in [6.45, 7) is 2.04. The molecule has 0 aliphatic carbocycles. The highest BCUT2D eigenvalue weighted by atomic mass is 32.1. The average Bonchev–Trinajstić information content (AvgIpc) is 3.16. The van der Waals surface area contributed by atoms with Crippen molar-refractivity contribution >= 4 is 39.8 Å². The van der Waals surface area contributed by atoms with E-state index in [1.807, 2.05) is 30.5 Å². The zero-order valence-corrected chi connectivity index (χ0v) is 13.4. The zero-order chi connectivity index (χ0) is 15.4. The minimum Gasteiger partial charge on any atom is -0.298 e. The third-order valence-corrected chi connectivity index (χ3v) is 4.40. The lowest BCUT2D eigenvalue weighted by molar-refractivity contribution is -0.111. The highest BCUT2D eigenvalue weighted by Gasteiger charge is 2.06. The van der Waals surface area contributed by atoms with Gasteiger partial charge in [0.1, 0.15) is 0 Å². The van der Waals surface area contributed by atoms with Crippen LogP contribution in [0.2, 0.25) is 0 Å². The first-order valence-electron chi connectivity index (χ1n) is 6.61. The number of hydrogen-bond donors (Lipinski definition) is 1. The molecule has 0 bridgehead atoms. The van der Waals surface area contributed by atoms with Crippen LogP contribution in [0.25, 0.3) is 17.3 Å². The van der Waals surface area contributed by atoms with Crippen LogP contribution in [0.4, 0.5) is 5.13 Å². The van der Waals surface area contributed by atoms with Crippen molar-refractivity contribution in [3.8, 4) is 11.3 Å². The van der Waals surface area contributed by atoms with Crippen molar-refractivity contribution in [2.24, 2.45) is 0 Å². The van der Waals surface area contributed by atoms with Crippen LogP contribution in [-0.2, 0) is 4.79 Å². The SMILES string of the molecule is Cc1cccc(-c2csc(NC(=O)/C=C/c3cncs3)n2)c1. The van der Waals surface area contributed by atoms with E-state index in [1.54, 1.807) is 17.8 Å². The van der Waals surface area contributed by atoms with E-state index in [2.05, 4.69) is 21.4 Å². The molecule has 0 radical (unpaired) electrons. The molecule has 1 aromatic carbocycles. The van der Waals surface area contributed by atoms with Crippen LogP contribution in [-0.4, -0.2) is 15.9 Å². The van der Waals surface area contributed by atoms with Gasteiger partial charge in [0.15, 0.2) is 5.13 Å². The second kappa shape index (κ2) is 6.64. The van der Waals surface area contributed by atoms with Gasteiger partial charge in [-0.15, -0.1) is 22.7 Å². The van der Waals surface area contributed by atoms with Gasteiger partial charge in [-0.1, -0.05) is 23.8 Å². The quantitative estimate of drug-likeness (QED) is 0.730. The lowest BCUT2D eigenvalue weighted by Gasteiger charge is -1.98. The molecule has 1 amide bonds. The van der Waals surface area contributed by atoms with E-state index < -0.39 is 0 Å². The lowest BCUT2D eigenvalue weighted by Crippen LogP contribution is -2.07. The second-order valence-corrected chi connectivity index (χ2v) is 6.41. The van der Waals surface area contributed by atoms with Crippen LogP contribution in [0.5, 0.6) is 0 Å². The molecule has 22 heavy (non-hydrogen) atoms. The van der Waals surface area contributed by atoms with E-state index in [0.717, 1.165) is 16.1 Å². The molecule has 3 rings (SSSR count). The molecule has 2 heterocycles. The zero-order valence-electron chi connectivity index (χ0n) is 11.8. The third-order valence-electron chi connectivity index (χ3n) is 2.90. The number of rotatable bonds is 4. The van der Waals surface area contributed by atoms with Gasteiger partial charge in [-0.3, -0.25) is 15.1 Å². The third kappa shape index (κ3) is 3.66. The van der Waals surface area contributed by atoms with E-state index in [1.165, 1.54) is 34.3 Å². The molecule has 0 saturated heterocycles. The fraction of sp³-hybridized carbons (Fsp3) is 0.0625. The van der Waals surface area contributed by atoms with Gasteiger partial charge in [0.05, 0.1) is 11.2 Å².